The van der Waals surface area contributed by atoms with Crippen molar-refractivity contribution in [2.24, 2.45) is 11.8 Å². The van der Waals surface area contributed by atoms with Gasteiger partial charge >= 0.3 is 39.5 Å². The maximum Gasteiger partial charge on any atom is 0.472 e. The number of carbonyl (C=O) groups is 4. The summed E-state index contributed by atoms with van der Waals surface area (Å²) in [6.45, 7) is 9.68. The van der Waals surface area contributed by atoms with E-state index in [0.29, 0.717) is 25.7 Å². The van der Waals surface area contributed by atoms with Crippen LogP contribution in [0.3, 0.4) is 0 Å². The molecule has 0 saturated carbocycles. The van der Waals surface area contributed by atoms with E-state index in [-0.39, 0.29) is 25.7 Å². The molecule has 104 heavy (non-hydrogen) atoms. The predicted octanol–water partition coefficient (Wildman–Crippen LogP) is 25.8. The molecule has 0 bridgehead atoms. The first kappa shape index (κ1) is 102. The lowest BCUT2D eigenvalue weighted by molar-refractivity contribution is -0.161. The van der Waals surface area contributed by atoms with Crippen LogP contribution in [0.4, 0.5) is 0 Å². The normalized spacial score (nSPS) is 14.1. The molecule has 0 spiro atoms. The van der Waals surface area contributed by atoms with Gasteiger partial charge in [0.2, 0.25) is 0 Å². The number of hydrogen-bond acceptors (Lipinski definition) is 15. The van der Waals surface area contributed by atoms with Crippen molar-refractivity contribution in [3.63, 3.8) is 0 Å². The maximum absolute atomic E-state index is 13.1. The SMILES string of the molecule is CCCCCCCCCCCCCCCCCCCCCCCC(=O)O[C@H](COC(=O)CCCCCCCCCCCCCCCCCC)COP(=O)(O)OC[C@@H](O)COP(=O)(O)OC[C@@H](COC(=O)CCCCCCCCCCCCC(C)C)OC(=O)CCCCCCCCCCCCC(C)CC. The minimum Gasteiger partial charge on any atom is -0.462 e. The third kappa shape index (κ3) is 76.8. The van der Waals surface area contributed by atoms with Crippen LogP contribution in [0.5, 0.6) is 0 Å². The zero-order valence-corrected chi connectivity index (χ0v) is 70.1. The van der Waals surface area contributed by atoms with Crippen molar-refractivity contribution in [2.45, 2.75) is 471 Å². The summed E-state index contributed by atoms with van der Waals surface area (Å²) < 4.78 is 68.9. The molecule has 0 saturated heterocycles. The molecule has 6 atom stereocenters. The third-order valence-corrected chi connectivity index (χ3v) is 22.2. The van der Waals surface area contributed by atoms with Crippen LogP contribution in [-0.2, 0) is 65.4 Å². The van der Waals surface area contributed by atoms with E-state index in [1.807, 2.05) is 0 Å². The van der Waals surface area contributed by atoms with Crippen molar-refractivity contribution in [3.05, 3.63) is 0 Å². The van der Waals surface area contributed by atoms with Crippen LogP contribution < -0.4 is 0 Å². The minimum atomic E-state index is -4.97. The highest BCUT2D eigenvalue weighted by atomic mass is 31.2. The summed E-state index contributed by atoms with van der Waals surface area (Å²) >= 11 is 0. The Morgan fingerprint density at radius 3 is 0.731 bits per heavy atom. The molecule has 0 aliphatic carbocycles. The van der Waals surface area contributed by atoms with Crippen LogP contribution in [0.15, 0.2) is 0 Å². The highest BCUT2D eigenvalue weighted by molar-refractivity contribution is 7.47. The molecule has 0 aliphatic rings. The van der Waals surface area contributed by atoms with Crippen LogP contribution in [0, 0.1) is 11.8 Å². The molecule has 19 heteroatoms. The first-order chi connectivity index (χ1) is 50.4. The lowest BCUT2D eigenvalue weighted by atomic mass is 9.99. The average molecular weight is 1520 g/mol. The smallest absolute Gasteiger partial charge is 0.462 e. The van der Waals surface area contributed by atoms with Crippen molar-refractivity contribution in [2.75, 3.05) is 39.6 Å². The van der Waals surface area contributed by atoms with Crippen LogP contribution in [0.25, 0.3) is 0 Å². The number of phosphoric acid groups is 2. The minimum absolute atomic E-state index is 0.106. The van der Waals surface area contributed by atoms with E-state index in [1.165, 1.54) is 270 Å². The monoisotopic (exact) mass is 1520 g/mol. The molecule has 17 nitrogen and oxygen atoms in total. The Kier molecular flexibility index (Phi) is 75.0. The average Bonchev–Trinajstić information content (AvgIpc) is 0.922. The summed E-state index contributed by atoms with van der Waals surface area (Å²) in [5, 5.41) is 10.7. The van der Waals surface area contributed by atoms with Gasteiger partial charge in [-0.05, 0) is 37.5 Å². The molecular formula is C85H166O17P2. The van der Waals surface area contributed by atoms with Gasteiger partial charge in [-0.15, -0.1) is 0 Å². The lowest BCUT2D eigenvalue weighted by Crippen LogP contribution is -2.30. The molecule has 0 heterocycles. The second kappa shape index (κ2) is 76.4. The number of aliphatic hydroxyl groups is 1. The number of esters is 4. The Bertz CT molecular complexity index is 2000. The van der Waals surface area contributed by atoms with Crippen LogP contribution in [0.2, 0.25) is 0 Å². The fourth-order valence-electron chi connectivity index (χ4n) is 13.2. The van der Waals surface area contributed by atoms with E-state index in [4.69, 9.17) is 37.0 Å². The van der Waals surface area contributed by atoms with E-state index >= 15 is 0 Å². The molecule has 0 rings (SSSR count). The number of hydrogen-bond donors (Lipinski definition) is 3. The Balaban J connectivity index is 5.25. The predicted molar refractivity (Wildman–Crippen MR) is 428 cm³/mol. The number of aliphatic hydroxyl groups excluding tert-OH is 1. The van der Waals surface area contributed by atoms with E-state index in [1.54, 1.807) is 0 Å². The lowest BCUT2D eigenvalue weighted by Gasteiger charge is -2.21. The summed E-state index contributed by atoms with van der Waals surface area (Å²) in [7, 11) is -9.93. The molecule has 0 amide bonds. The highest BCUT2D eigenvalue weighted by Crippen LogP contribution is 2.45. The number of ether oxygens (including phenoxy) is 4. The van der Waals surface area contributed by atoms with Gasteiger partial charge in [-0.3, -0.25) is 37.3 Å². The third-order valence-electron chi connectivity index (χ3n) is 20.3. The number of unbranched alkanes of at least 4 members (excludes halogenated alkanes) is 53. The molecule has 618 valence electrons. The summed E-state index contributed by atoms with van der Waals surface area (Å²) in [6, 6.07) is 0. The number of carbonyl (C=O) groups excluding carboxylic acids is 4. The maximum atomic E-state index is 13.1. The molecule has 0 aromatic carbocycles. The quantitative estimate of drug-likeness (QED) is 0.0222. The van der Waals surface area contributed by atoms with Crippen molar-refractivity contribution in [1.82, 2.24) is 0 Å². The van der Waals surface area contributed by atoms with Gasteiger partial charge in [0.05, 0.1) is 26.4 Å². The molecule has 3 N–H and O–H groups in total. The Morgan fingerprint density at radius 2 is 0.490 bits per heavy atom. The first-order valence-electron chi connectivity index (χ1n) is 44.0. The fourth-order valence-corrected chi connectivity index (χ4v) is 14.8. The van der Waals surface area contributed by atoms with Crippen LogP contribution in [0.1, 0.15) is 452 Å². The van der Waals surface area contributed by atoms with E-state index < -0.39 is 97.5 Å². The molecule has 0 aliphatic heterocycles. The van der Waals surface area contributed by atoms with E-state index in [9.17, 15) is 43.2 Å². The largest absolute Gasteiger partial charge is 0.472 e. The highest BCUT2D eigenvalue weighted by Gasteiger charge is 2.30. The zero-order chi connectivity index (χ0) is 76.4. The fraction of sp³-hybridized carbons (Fsp3) is 0.953. The standard InChI is InChI=1S/C85H166O17P2/c1-7-10-12-14-16-18-20-22-24-26-27-28-29-30-32-34-36-45-51-57-63-69-84(89)101-80(73-95-82(87)67-61-55-49-43-35-33-31-25-23-21-19-17-15-13-11-8-2)75-99-103(91,92)97-71-79(86)72-98-104(93,94)100-76-81(74-96-83(88)68-62-56-50-44-39-37-41-47-53-59-65-77(4)5)102-85(90)70-64-58-52-46-40-38-42-48-54-60-66-78(6)9-3/h77-81,86H,7-76H2,1-6H3,(H,91,92)(H,93,94)/t78?,79-,80-,81-/m1/s1. The summed E-state index contributed by atoms with van der Waals surface area (Å²) in [5.74, 6) is -0.542. The Labute approximate surface area is 638 Å². The summed E-state index contributed by atoms with van der Waals surface area (Å²) in [4.78, 5) is 73.2. The topological polar surface area (TPSA) is 237 Å². The van der Waals surface area contributed by atoms with Crippen molar-refractivity contribution in [1.29, 1.82) is 0 Å². The first-order valence-corrected chi connectivity index (χ1v) is 47.0. The van der Waals surface area contributed by atoms with Crippen LogP contribution >= 0.6 is 15.6 Å². The molecule has 3 unspecified atom stereocenters. The van der Waals surface area contributed by atoms with Crippen LogP contribution in [-0.4, -0.2) is 96.7 Å². The van der Waals surface area contributed by atoms with Gasteiger partial charge in [0.25, 0.3) is 0 Å². The summed E-state index contributed by atoms with van der Waals surface area (Å²) in [6.07, 6.45) is 68.0. The molecule has 0 fully saturated rings. The van der Waals surface area contributed by atoms with Gasteiger partial charge in [0, 0.05) is 25.7 Å². The molecule has 0 aromatic rings. The van der Waals surface area contributed by atoms with E-state index in [2.05, 4.69) is 41.5 Å². The molecular weight excluding hydrogens is 1350 g/mol. The van der Waals surface area contributed by atoms with Gasteiger partial charge in [-0.25, -0.2) is 9.13 Å². The van der Waals surface area contributed by atoms with Gasteiger partial charge in [-0.1, -0.05) is 401 Å². The van der Waals surface area contributed by atoms with Gasteiger partial charge in [0.1, 0.15) is 19.3 Å². The number of phosphoric ester groups is 2. The van der Waals surface area contributed by atoms with Gasteiger partial charge in [-0.2, -0.15) is 0 Å². The van der Waals surface area contributed by atoms with Crippen molar-refractivity contribution >= 4 is 39.5 Å². The van der Waals surface area contributed by atoms with E-state index in [0.717, 1.165) is 102 Å². The molecule has 0 radical (unpaired) electrons. The van der Waals surface area contributed by atoms with Gasteiger partial charge < -0.3 is 33.8 Å². The van der Waals surface area contributed by atoms with Crippen molar-refractivity contribution in [3.8, 4) is 0 Å². The summed E-state index contributed by atoms with van der Waals surface area (Å²) in [5.41, 5.74) is 0. The van der Waals surface area contributed by atoms with Crippen molar-refractivity contribution < 1.29 is 80.2 Å². The second-order valence-electron chi connectivity index (χ2n) is 31.3. The zero-order valence-electron chi connectivity index (χ0n) is 68.3. The molecule has 0 aromatic heterocycles. The number of rotatable bonds is 84. The Morgan fingerprint density at radius 1 is 0.279 bits per heavy atom. The Hall–Kier alpha value is -1.94. The second-order valence-corrected chi connectivity index (χ2v) is 34.2. The van der Waals surface area contributed by atoms with Gasteiger partial charge in [0.15, 0.2) is 12.2 Å².